The molecule has 0 saturated heterocycles. The summed E-state index contributed by atoms with van der Waals surface area (Å²) in [4.78, 5) is 35.3. The van der Waals surface area contributed by atoms with Crippen LogP contribution in [0.2, 0.25) is 0 Å². The van der Waals surface area contributed by atoms with E-state index in [1.54, 1.807) is 30.3 Å². The molecule has 0 heterocycles. The smallest absolute Gasteiger partial charge is 0.303 e. The van der Waals surface area contributed by atoms with E-state index in [0.29, 0.717) is 11.1 Å². The molecule has 140 valence electrons. The number of carbonyl (C=O) groups excluding carboxylic acids is 2. The molecule has 0 bridgehead atoms. The van der Waals surface area contributed by atoms with Gasteiger partial charge in [0.25, 0.3) is 11.8 Å². The van der Waals surface area contributed by atoms with Crippen molar-refractivity contribution < 1.29 is 23.9 Å². The van der Waals surface area contributed by atoms with Gasteiger partial charge in [0.15, 0.2) is 0 Å². The van der Waals surface area contributed by atoms with Crippen LogP contribution in [0.15, 0.2) is 60.3 Å². The summed E-state index contributed by atoms with van der Waals surface area (Å²) >= 11 is 0. The highest BCUT2D eigenvalue weighted by Crippen LogP contribution is 2.09. The normalized spacial score (nSPS) is 10.9. The molecular formula is C20H19FN2O4. The second-order valence-corrected chi connectivity index (χ2v) is 5.68. The summed E-state index contributed by atoms with van der Waals surface area (Å²) in [6.45, 7) is 0.146. The van der Waals surface area contributed by atoms with Crippen LogP contribution in [0, 0.1) is 5.82 Å². The van der Waals surface area contributed by atoms with Crippen molar-refractivity contribution in [3.63, 3.8) is 0 Å². The molecule has 0 aliphatic heterocycles. The van der Waals surface area contributed by atoms with E-state index in [0.717, 1.165) is 0 Å². The summed E-state index contributed by atoms with van der Waals surface area (Å²) in [5.41, 5.74) is 0.882. The number of carboxylic acids is 1. The molecule has 2 aromatic carbocycles. The highest BCUT2D eigenvalue weighted by molar-refractivity contribution is 6.05. The van der Waals surface area contributed by atoms with Crippen molar-refractivity contribution in [1.82, 2.24) is 10.6 Å². The number of nitrogens with one attached hydrogen (secondary N) is 2. The number of halogens is 1. The van der Waals surface area contributed by atoms with E-state index in [-0.39, 0.29) is 25.1 Å². The molecule has 0 spiro atoms. The van der Waals surface area contributed by atoms with Crippen LogP contribution in [0.3, 0.4) is 0 Å². The molecule has 0 fully saturated rings. The summed E-state index contributed by atoms with van der Waals surface area (Å²) in [7, 11) is 0. The number of amides is 2. The molecule has 27 heavy (non-hydrogen) atoms. The minimum absolute atomic E-state index is 0.0224. The largest absolute Gasteiger partial charge is 0.481 e. The van der Waals surface area contributed by atoms with E-state index < -0.39 is 23.6 Å². The van der Waals surface area contributed by atoms with Gasteiger partial charge in [-0.25, -0.2) is 4.39 Å². The first-order valence-electron chi connectivity index (χ1n) is 8.29. The van der Waals surface area contributed by atoms with Gasteiger partial charge in [0.1, 0.15) is 11.5 Å². The Bertz CT molecular complexity index is 833. The number of hydrogen-bond donors (Lipinski definition) is 3. The SMILES string of the molecule is O=C(O)CCCNC(=O)/C(=C\c1ccc(F)cc1)NC(=O)c1ccccc1. The van der Waals surface area contributed by atoms with Gasteiger partial charge in [-0.2, -0.15) is 0 Å². The number of rotatable bonds is 8. The van der Waals surface area contributed by atoms with E-state index in [2.05, 4.69) is 10.6 Å². The van der Waals surface area contributed by atoms with Crippen LogP contribution in [0.1, 0.15) is 28.8 Å². The van der Waals surface area contributed by atoms with E-state index in [9.17, 15) is 18.8 Å². The van der Waals surface area contributed by atoms with Gasteiger partial charge in [-0.15, -0.1) is 0 Å². The van der Waals surface area contributed by atoms with Gasteiger partial charge in [-0.1, -0.05) is 30.3 Å². The molecule has 7 heteroatoms. The average Bonchev–Trinajstić information content (AvgIpc) is 2.66. The number of benzene rings is 2. The lowest BCUT2D eigenvalue weighted by atomic mass is 10.1. The Morgan fingerprint density at radius 3 is 2.30 bits per heavy atom. The monoisotopic (exact) mass is 370 g/mol. The molecule has 0 unspecified atom stereocenters. The van der Waals surface area contributed by atoms with Crippen molar-refractivity contribution in [1.29, 1.82) is 0 Å². The molecular weight excluding hydrogens is 351 g/mol. The third-order valence-corrected chi connectivity index (χ3v) is 3.56. The first-order valence-corrected chi connectivity index (χ1v) is 8.29. The summed E-state index contributed by atoms with van der Waals surface area (Å²) < 4.78 is 13.1. The maximum Gasteiger partial charge on any atom is 0.303 e. The predicted octanol–water partition coefficient (Wildman–Crippen LogP) is 2.58. The highest BCUT2D eigenvalue weighted by Gasteiger charge is 2.14. The second-order valence-electron chi connectivity index (χ2n) is 5.68. The molecule has 3 N–H and O–H groups in total. The van der Waals surface area contributed by atoms with E-state index in [1.165, 1.54) is 30.3 Å². The van der Waals surface area contributed by atoms with Crippen LogP contribution >= 0.6 is 0 Å². The van der Waals surface area contributed by atoms with E-state index in [4.69, 9.17) is 5.11 Å². The lowest BCUT2D eigenvalue weighted by Crippen LogP contribution is -2.35. The van der Waals surface area contributed by atoms with E-state index >= 15 is 0 Å². The maximum atomic E-state index is 13.1. The van der Waals surface area contributed by atoms with Crippen LogP contribution in [-0.4, -0.2) is 29.4 Å². The molecule has 2 rings (SSSR count). The van der Waals surface area contributed by atoms with Gasteiger partial charge in [0, 0.05) is 18.5 Å². The zero-order valence-electron chi connectivity index (χ0n) is 14.4. The lowest BCUT2D eigenvalue weighted by molar-refractivity contribution is -0.137. The standard InChI is InChI=1S/C20H19FN2O4/c21-16-10-8-14(9-11-16)13-17(20(27)22-12-4-7-18(24)25)23-19(26)15-5-2-1-3-6-15/h1-3,5-6,8-11,13H,4,7,12H2,(H,22,27)(H,23,26)(H,24,25)/b17-13+. The van der Waals surface area contributed by atoms with Gasteiger partial charge in [-0.05, 0) is 42.3 Å². The van der Waals surface area contributed by atoms with Crippen LogP contribution in [0.5, 0.6) is 0 Å². The molecule has 2 amide bonds. The third-order valence-electron chi connectivity index (χ3n) is 3.56. The minimum atomic E-state index is -0.955. The first kappa shape index (κ1) is 19.8. The second kappa shape index (κ2) is 9.86. The van der Waals surface area contributed by atoms with Gasteiger partial charge in [0.2, 0.25) is 0 Å². The topological polar surface area (TPSA) is 95.5 Å². The van der Waals surface area contributed by atoms with Crippen LogP contribution in [-0.2, 0) is 9.59 Å². The zero-order valence-corrected chi connectivity index (χ0v) is 14.4. The Kier molecular flexibility index (Phi) is 7.25. The van der Waals surface area contributed by atoms with Crippen molar-refractivity contribution in [2.45, 2.75) is 12.8 Å². The Balaban J connectivity index is 2.14. The van der Waals surface area contributed by atoms with Gasteiger partial charge in [0.05, 0.1) is 0 Å². The van der Waals surface area contributed by atoms with Gasteiger partial charge >= 0.3 is 5.97 Å². The summed E-state index contributed by atoms with van der Waals surface area (Å²) in [5, 5.41) is 13.8. The molecule has 0 atom stereocenters. The third kappa shape index (κ3) is 6.74. The number of carboxylic acid groups (broad SMARTS) is 1. The Hall–Kier alpha value is -3.48. The maximum absolute atomic E-state index is 13.1. The van der Waals surface area contributed by atoms with Crippen LogP contribution in [0.4, 0.5) is 4.39 Å². The Morgan fingerprint density at radius 2 is 1.67 bits per heavy atom. The number of carbonyl (C=O) groups is 3. The van der Waals surface area contributed by atoms with Crippen molar-refractivity contribution in [2.75, 3.05) is 6.54 Å². The lowest BCUT2D eigenvalue weighted by Gasteiger charge is -2.11. The molecule has 0 aliphatic rings. The minimum Gasteiger partial charge on any atom is -0.481 e. The number of aliphatic carboxylic acids is 1. The molecule has 0 aliphatic carbocycles. The van der Waals surface area contributed by atoms with Crippen molar-refractivity contribution in [3.05, 3.63) is 77.2 Å². The zero-order chi connectivity index (χ0) is 19.6. The Morgan fingerprint density at radius 1 is 1.00 bits per heavy atom. The quantitative estimate of drug-likeness (QED) is 0.492. The molecule has 6 nitrogen and oxygen atoms in total. The predicted molar refractivity (Wildman–Crippen MR) is 98.2 cm³/mol. The fourth-order valence-corrected chi connectivity index (χ4v) is 2.20. The molecule has 2 aromatic rings. The highest BCUT2D eigenvalue weighted by atomic mass is 19.1. The fraction of sp³-hybridized carbons (Fsp3) is 0.150. The fourth-order valence-electron chi connectivity index (χ4n) is 2.20. The molecule has 0 saturated carbocycles. The summed E-state index contributed by atoms with van der Waals surface area (Å²) in [6, 6.07) is 13.8. The van der Waals surface area contributed by atoms with Crippen molar-refractivity contribution in [3.8, 4) is 0 Å². The van der Waals surface area contributed by atoms with Crippen molar-refractivity contribution >= 4 is 23.9 Å². The summed E-state index contributed by atoms with van der Waals surface area (Å²) in [6.07, 6.45) is 1.61. The van der Waals surface area contributed by atoms with E-state index in [1.807, 2.05) is 0 Å². The number of hydrogen-bond acceptors (Lipinski definition) is 3. The molecule has 0 radical (unpaired) electrons. The Labute approximate surface area is 155 Å². The van der Waals surface area contributed by atoms with Crippen molar-refractivity contribution in [2.24, 2.45) is 0 Å². The summed E-state index contributed by atoms with van der Waals surface area (Å²) in [5.74, 6) is -2.40. The van der Waals surface area contributed by atoms with Crippen LogP contribution in [0.25, 0.3) is 6.08 Å². The average molecular weight is 370 g/mol. The van der Waals surface area contributed by atoms with Gasteiger partial charge < -0.3 is 15.7 Å². The van der Waals surface area contributed by atoms with Crippen LogP contribution < -0.4 is 10.6 Å². The van der Waals surface area contributed by atoms with Gasteiger partial charge in [-0.3, -0.25) is 14.4 Å². The molecule has 0 aromatic heterocycles. The first-order chi connectivity index (χ1) is 13.0.